The van der Waals surface area contributed by atoms with E-state index in [0.29, 0.717) is 0 Å². The first-order valence-electron chi connectivity index (χ1n) is 5.81. The highest BCUT2D eigenvalue weighted by atomic mass is 35.5. The van der Waals surface area contributed by atoms with Crippen molar-refractivity contribution in [3.05, 3.63) is 28.8 Å². The van der Waals surface area contributed by atoms with E-state index in [1.165, 1.54) is 0 Å². The first kappa shape index (κ1) is 14.7. The second-order valence-electron chi connectivity index (χ2n) is 5.33. The average Bonchev–Trinajstić information content (AvgIpc) is 2.24. The molecule has 0 N–H and O–H groups in total. The van der Waals surface area contributed by atoms with E-state index >= 15 is 0 Å². The van der Waals surface area contributed by atoms with Crippen LogP contribution in [0.4, 0.5) is 0 Å². The van der Waals surface area contributed by atoms with Gasteiger partial charge in [-0.25, -0.2) is 0 Å². The number of ether oxygens (including phenoxy) is 1. The molecule has 0 aliphatic carbocycles. The van der Waals surface area contributed by atoms with Gasteiger partial charge in [0.2, 0.25) is 0 Å². The Morgan fingerprint density at radius 2 is 1.94 bits per heavy atom. The van der Waals surface area contributed by atoms with Gasteiger partial charge in [-0.15, -0.1) is 11.6 Å². The van der Waals surface area contributed by atoms with Crippen molar-refractivity contribution in [2.45, 2.75) is 39.0 Å². The second-order valence-corrected chi connectivity index (χ2v) is 6.29. The molecule has 0 amide bonds. The Balaban J connectivity index is 2.72. The van der Waals surface area contributed by atoms with Gasteiger partial charge in [-0.2, -0.15) is 0 Å². The molecule has 0 aromatic heterocycles. The van der Waals surface area contributed by atoms with Crippen LogP contribution in [0.25, 0.3) is 0 Å². The van der Waals surface area contributed by atoms with E-state index in [0.717, 1.165) is 29.2 Å². The number of methoxy groups -OCH3 is 1. The Hall–Kier alpha value is -0.400. The zero-order chi connectivity index (χ0) is 13.1. The molecule has 1 atom stereocenters. The molecule has 0 saturated heterocycles. The molecule has 0 spiro atoms. The van der Waals surface area contributed by atoms with Gasteiger partial charge in [0.25, 0.3) is 0 Å². The second kappa shape index (κ2) is 5.97. The molecule has 0 radical (unpaired) electrons. The Morgan fingerprint density at radius 1 is 1.29 bits per heavy atom. The van der Waals surface area contributed by atoms with Crippen molar-refractivity contribution in [2.75, 3.05) is 7.11 Å². The van der Waals surface area contributed by atoms with Gasteiger partial charge < -0.3 is 4.74 Å². The van der Waals surface area contributed by atoms with Crippen molar-refractivity contribution in [1.29, 1.82) is 0 Å². The van der Waals surface area contributed by atoms with Crippen LogP contribution in [0.5, 0.6) is 5.75 Å². The smallest absolute Gasteiger partial charge is 0.122 e. The van der Waals surface area contributed by atoms with E-state index in [-0.39, 0.29) is 10.8 Å². The first-order valence-corrected chi connectivity index (χ1v) is 6.62. The fourth-order valence-electron chi connectivity index (χ4n) is 1.66. The van der Waals surface area contributed by atoms with Gasteiger partial charge in [-0.05, 0) is 42.0 Å². The highest BCUT2D eigenvalue weighted by Gasteiger charge is 2.22. The molecule has 17 heavy (non-hydrogen) atoms. The molecule has 1 nitrogen and oxygen atoms in total. The first-order chi connectivity index (χ1) is 7.84. The molecule has 0 aliphatic rings. The largest absolute Gasteiger partial charge is 0.496 e. The summed E-state index contributed by atoms with van der Waals surface area (Å²) in [5.74, 6) is 0.882. The molecule has 1 rings (SSSR count). The third kappa shape index (κ3) is 4.40. The van der Waals surface area contributed by atoms with Gasteiger partial charge in [-0.1, -0.05) is 32.4 Å². The molecular weight excluding hydrogens is 255 g/mol. The maximum atomic E-state index is 6.37. The summed E-state index contributed by atoms with van der Waals surface area (Å²) in [6.07, 6.45) is 1.80. The molecular formula is C14H20Cl2O. The number of alkyl halides is 1. The third-order valence-corrected chi connectivity index (χ3v) is 3.96. The molecule has 1 aromatic rings. The Morgan fingerprint density at radius 3 is 2.47 bits per heavy atom. The van der Waals surface area contributed by atoms with Crippen LogP contribution in [0.1, 0.15) is 32.8 Å². The molecule has 0 bridgehead atoms. The van der Waals surface area contributed by atoms with Crippen LogP contribution >= 0.6 is 23.2 Å². The minimum atomic E-state index is 0.118. The summed E-state index contributed by atoms with van der Waals surface area (Å²) in [4.78, 5) is 0. The highest BCUT2D eigenvalue weighted by molar-refractivity contribution is 6.30. The summed E-state index contributed by atoms with van der Waals surface area (Å²) in [7, 11) is 1.68. The predicted octanol–water partition coefficient (Wildman–Crippen LogP) is 4.93. The van der Waals surface area contributed by atoms with Gasteiger partial charge in [0.1, 0.15) is 5.75 Å². The quantitative estimate of drug-likeness (QED) is 0.707. The van der Waals surface area contributed by atoms with Crippen molar-refractivity contribution < 1.29 is 4.74 Å². The summed E-state index contributed by atoms with van der Waals surface area (Å²) >= 11 is 12.4. The maximum absolute atomic E-state index is 6.37. The SMILES string of the molecule is COc1ccc(Cl)cc1CCC(Cl)C(C)(C)C. The minimum absolute atomic E-state index is 0.118. The fourth-order valence-corrected chi connectivity index (χ4v) is 1.96. The van der Waals surface area contributed by atoms with Gasteiger partial charge in [0.15, 0.2) is 0 Å². The number of aryl methyl sites for hydroxylation is 1. The number of hydrogen-bond donors (Lipinski definition) is 0. The highest BCUT2D eigenvalue weighted by Crippen LogP contribution is 2.30. The standard InChI is InChI=1S/C14H20Cl2O/c1-14(2,3)13(16)8-5-10-9-11(15)6-7-12(10)17-4/h6-7,9,13H,5,8H2,1-4H3. The molecule has 1 unspecified atom stereocenters. The van der Waals surface area contributed by atoms with Gasteiger partial charge in [0, 0.05) is 10.4 Å². The van der Waals surface area contributed by atoms with Crippen LogP contribution in [0.2, 0.25) is 5.02 Å². The van der Waals surface area contributed by atoms with Crippen LogP contribution in [-0.2, 0) is 6.42 Å². The number of rotatable bonds is 4. The van der Waals surface area contributed by atoms with Crippen molar-refractivity contribution in [3.8, 4) is 5.75 Å². The van der Waals surface area contributed by atoms with Crippen LogP contribution < -0.4 is 4.74 Å². The molecule has 1 aromatic carbocycles. The van der Waals surface area contributed by atoms with E-state index in [4.69, 9.17) is 27.9 Å². The third-order valence-electron chi connectivity index (χ3n) is 2.85. The average molecular weight is 275 g/mol. The summed E-state index contributed by atoms with van der Waals surface area (Å²) in [5.41, 5.74) is 1.24. The van der Waals surface area contributed by atoms with Gasteiger partial charge >= 0.3 is 0 Å². The summed E-state index contributed by atoms with van der Waals surface area (Å²) in [5, 5.41) is 0.883. The Kier molecular flexibility index (Phi) is 5.15. The minimum Gasteiger partial charge on any atom is -0.496 e. The predicted molar refractivity (Wildman–Crippen MR) is 75.4 cm³/mol. The zero-order valence-corrected chi connectivity index (χ0v) is 12.4. The molecule has 0 fully saturated rings. The van der Waals surface area contributed by atoms with Crippen LogP contribution in [-0.4, -0.2) is 12.5 Å². The lowest BCUT2D eigenvalue weighted by Gasteiger charge is -2.25. The molecule has 0 heterocycles. The van der Waals surface area contributed by atoms with Crippen molar-refractivity contribution >= 4 is 23.2 Å². The van der Waals surface area contributed by atoms with Crippen molar-refractivity contribution in [1.82, 2.24) is 0 Å². The molecule has 0 aliphatic heterocycles. The monoisotopic (exact) mass is 274 g/mol. The van der Waals surface area contributed by atoms with Crippen LogP contribution in [0.3, 0.4) is 0 Å². The summed E-state index contributed by atoms with van der Waals surface area (Å²) in [6, 6.07) is 5.69. The van der Waals surface area contributed by atoms with E-state index in [1.54, 1.807) is 7.11 Å². The van der Waals surface area contributed by atoms with Crippen molar-refractivity contribution in [3.63, 3.8) is 0 Å². The van der Waals surface area contributed by atoms with Gasteiger partial charge in [0.05, 0.1) is 7.11 Å². The van der Waals surface area contributed by atoms with E-state index in [2.05, 4.69) is 20.8 Å². The summed E-state index contributed by atoms with van der Waals surface area (Å²) in [6.45, 7) is 6.46. The van der Waals surface area contributed by atoms with E-state index in [1.807, 2.05) is 18.2 Å². The lowest BCUT2D eigenvalue weighted by molar-refractivity contribution is 0.370. The lowest BCUT2D eigenvalue weighted by atomic mass is 9.88. The lowest BCUT2D eigenvalue weighted by Crippen LogP contribution is -2.21. The topological polar surface area (TPSA) is 9.23 Å². The number of hydrogen-bond acceptors (Lipinski definition) is 1. The van der Waals surface area contributed by atoms with Gasteiger partial charge in [-0.3, -0.25) is 0 Å². The van der Waals surface area contributed by atoms with Crippen LogP contribution in [0.15, 0.2) is 18.2 Å². The van der Waals surface area contributed by atoms with Crippen molar-refractivity contribution in [2.24, 2.45) is 5.41 Å². The van der Waals surface area contributed by atoms with E-state index in [9.17, 15) is 0 Å². The maximum Gasteiger partial charge on any atom is 0.122 e. The van der Waals surface area contributed by atoms with Crippen LogP contribution in [0, 0.1) is 5.41 Å². The zero-order valence-electron chi connectivity index (χ0n) is 10.9. The summed E-state index contributed by atoms with van der Waals surface area (Å²) < 4.78 is 5.32. The molecule has 96 valence electrons. The molecule has 0 saturated carbocycles. The fraction of sp³-hybridized carbons (Fsp3) is 0.571. The number of benzene rings is 1. The van der Waals surface area contributed by atoms with E-state index < -0.39 is 0 Å². The molecule has 3 heteroatoms. The Labute approximate surface area is 114 Å². The number of halogens is 2. The Bertz CT molecular complexity index is 369. The normalized spacial score (nSPS) is 13.5.